The number of aromatic nitrogens is 2. The van der Waals surface area contributed by atoms with Crippen LogP contribution in [-0.4, -0.2) is 23.9 Å². The highest BCUT2D eigenvalue weighted by Gasteiger charge is 2.31. The van der Waals surface area contributed by atoms with Crippen molar-refractivity contribution in [2.75, 3.05) is 5.32 Å². The highest BCUT2D eigenvalue weighted by molar-refractivity contribution is 7.91. The van der Waals surface area contributed by atoms with E-state index in [1.165, 1.54) is 12.3 Å². The molecule has 2 heterocycles. The van der Waals surface area contributed by atoms with Gasteiger partial charge in [0.05, 0.1) is 10.5 Å². The molecule has 0 saturated carbocycles. The summed E-state index contributed by atoms with van der Waals surface area (Å²) in [4.78, 5) is 17.1. The Bertz CT molecular complexity index is 1200. The van der Waals surface area contributed by atoms with Crippen molar-refractivity contribution in [3.05, 3.63) is 70.1 Å². The van der Waals surface area contributed by atoms with Crippen LogP contribution in [0.25, 0.3) is 0 Å². The number of nitrogens with zero attached hydrogens (tertiary/aromatic N) is 2. The fourth-order valence-corrected chi connectivity index (χ4v) is 5.21. The molecule has 1 N–H and O–H groups in total. The Labute approximate surface area is 181 Å². The van der Waals surface area contributed by atoms with Gasteiger partial charge in [-0.3, -0.25) is 4.79 Å². The van der Waals surface area contributed by atoms with Gasteiger partial charge in [-0.25, -0.2) is 13.4 Å². The van der Waals surface area contributed by atoms with Gasteiger partial charge < -0.3 is 9.88 Å². The minimum absolute atomic E-state index is 0.0655. The van der Waals surface area contributed by atoms with Crippen molar-refractivity contribution in [3.8, 4) is 0 Å². The number of halogens is 1. The van der Waals surface area contributed by atoms with Crippen LogP contribution in [0.2, 0.25) is 5.15 Å². The van der Waals surface area contributed by atoms with Gasteiger partial charge >= 0.3 is 0 Å². The lowest BCUT2D eigenvalue weighted by molar-refractivity contribution is 0.102. The van der Waals surface area contributed by atoms with Gasteiger partial charge in [-0.15, -0.1) is 0 Å². The van der Waals surface area contributed by atoms with Crippen molar-refractivity contribution in [2.45, 2.75) is 50.5 Å². The average molecular weight is 446 g/mol. The largest absolute Gasteiger partial charge is 0.328 e. The minimum atomic E-state index is -3.86. The monoisotopic (exact) mass is 445 g/mol. The lowest BCUT2D eigenvalue weighted by Crippen LogP contribution is -2.19. The molecule has 6 nitrogen and oxygen atoms in total. The maximum absolute atomic E-state index is 13.5. The topological polar surface area (TPSA) is 81.1 Å². The Balaban J connectivity index is 2.18. The standard InChI is InChI=1S/C22H24ClN3O3S/c1-13(2)26-16(5)15(4)20(30(28,29)18-9-6-14(3)7-10-18)21(26)25-22(27)17-8-11-19(23)24-12-17/h6-13H,1-5H3,(H,25,27). The van der Waals surface area contributed by atoms with Crippen molar-refractivity contribution < 1.29 is 13.2 Å². The van der Waals surface area contributed by atoms with Crippen LogP contribution in [0, 0.1) is 20.8 Å². The van der Waals surface area contributed by atoms with Gasteiger partial charge in [0.25, 0.3) is 5.91 Å². The molecule has 0 bridgehead atoms. The van der Waals surface area contributed by atoms with Gasteiger partial charge in [-0.05, 0) is 64.4 Å². The Morgan fingerprint density at radius 3 is 2.23 bits per heavy atom. The quantitative estimate of drug-likeness (QED) is 0.552. The molecule has 0 radical (unpaired) electrons. The third kappa shape index (κ3) is 4.00. The first-order chi connectivity index (χ1) is 14.0. The average Bonchev–Trinajstić information content (AvgIpc) is 2.93. The van der Waals surface area contributed by atoms with E-state index in [0.717, 1.165) is 11.3 Å². The number of nitrogens with one attached hydrogen (secondary N) is 1. The van der Waals surface area contributed by atoms with Gasteiger partial charge in [0, 0.05) is 17.9 Å². The molecule has 0 fully saturated rings. The first-order valence-corrected chi connectivity index (χ1v) is 11.4. The van der Waals surface area contributed by atoms with Crippen LogP contribution in [0.1, 0.15) is 47.1 Å². The molecular formula is C22H24ClN3O3S. The van der Waals surface area contributed by atoms with Crippen LogP contribution >= 0.6 is 11.6 Å². The molecule has 0 unspecified atom stereocenters. The minimum Gasteiger partial charge on any atom is -0.328 e. The Kier molecular flexibility index (Phi) is 6.06. The maximum Gasteiger partial charge on any atom is 0.258 e. The van der Waals surface area contributed by atoms with Crippen LogP contribution < -0.4 is 5.32 Å². The van der Waals surface area contributed by atoms with Crippen molar-refractivity contribution in [3.63, 3.8) is 0 Å². The zero-order chi connectivity index (χ0) is 22.2. The Morgan fingerprint density at radius 2 is 1.70 bits per heavy atom. The lowest BCUT2D eigenvalue weighted by atomic mass is 10.2. The molecule has 8 heteroatoms. The number of hydrogen-bond acceptors (Lipinski definition) is 4. The number of pyridine rings is 1. The number of carbonyl (C=O) groups is 1. The highest BCUT2D eigenvalue weighted by atomic mass is 35.5. The number of amides is 1. The van der Waals surface area contributed by atoms with Crippen molar-refractivity contribution in [1.29, 1.82) is 0 Å². The van der Waals surface area contributed by atoms with E-state index in [4.69, 9.17) is 11.6 Å². The van der Waals surface area contributed by atoms with Crippen molar-refractivity contribution in [2.24, 2.45) is 0 Å². The van der Waals surface area contributed by atoms with Gasteiger partial charge in [0.1, 0.15) is 15.9 Å². The molecule has 0 aliphatic carbocycles. The van der Waals surface area contributed by atoms with E-state index >= 15 is 0 Å². The second-order valence-electron chi connectivity index (χ2n) is 7.49. The summed E-state index contributed by atoms with van der Waals surface area (Å²) in [6, 6.07) is 9.67. The fraction of sp³-hybridized carbons (Fsp3) is 0.273. The van der Waals surface area contributed by atoms with E-state index in [1.807, 2.05) is 32.3 Å². The molecule has 0 saturated heterocycles. The Morgan fingerprint density at radius 1 is 1.07 bits per heavy atom. The summed E-state index contributed by atoms with van der Waals surface area (Å²) in [7, 11) is -3.86. The molecule has 158 valence electrons. The summed E-state index contributed by atoms with van der Waals surface area (Å²) in [5.41, 5.74) is 2.63. The number of sulfone groups is 1. The Hall–Kier alpha value is -2.64. The second kappa shape index (κ2) is 8.24. The normalized spacial score (nSPS) is 11.7. The summed E-state index contributed by atoms with van der Waals surface area (Å²) >= 11 is 5.81. The molecular weight excluding hydrogens is 422 g/mol. The molecule has 3 rings (SSSR count). The summed E-state index contributed by atoms with van der Waals surface area (Å²) < 4.78 is 28.9. The van der Waals surface area contributed by atoms with Crippen LogP contribution in [-0.2, 0) is 9.84 Å². The number of rotatable bonds is 5. The predicted octanol–water partition coefficient (Wildman–Crippen LogP) is 5.13. The predicted molar refractivity (Wildman–Crippen MR) is 118 cm³/mol. The summed E-state index contributed by atoms with van der Waals surface area (Å²) in [6.45, 7) is 9.38. The highest BCUT2D eigenvalue weighted by Crippen LogP contribution is 2.37. The zero-order valence-corrected chi connectivity index (χ0v) is 19.1. The molecule has 2 aromatic heterocycles. The van der Waals surface area contributed by atoms with E-state index in [1.54, 1.807) is 37.3 Å². The molecule has 1 amide bonds. The van der Waals surface area contributed by atoms with Crippen molar-refractivity contribution >= 4 is 33.2 Å². The molecule has 1 aromatic carbocycles. The lowest BCUT2D eigenvalue weighted by Gasteiger charge is -2.17. The van der Waals surface area contributed by atoms with E-state index < -0.39 is 15.7 Å². The van der Waals surface area contributed by atoms with E-state index in [2.05, 4.69) is 10.3 Å². The van der Waals surface area contributed by atoms with Gasteiger partial charge in [-0.1, -0.05) is 29.3 Å². The first kappa shape index (κ1) is 22.1. The number of aryl methyl sites for hydroxylation is 1. The number of carbonyl (C=O) groups excluding carboxylic acids is 1. The summed E-state index contributed by atoms with van der Waals surface area (Å²) in [6.07, 6.45) is 1.36. The molecule has 0 aliphatic rings. The molecule has 30 heavy (non-hydrogen) atoms. The summed E-state index contributed by atoms with van der Waals surface area (Å²) in [5, 5.41) is 3.08. The van der Waals surface area contributed by atoms with Gasteiger partial charge in [0.2, 0.25) is 9.84 Å². The van der Waals surface area contributed by atoms with E-state index in [0.29, 0.717) is 5.56 Å². The van der Waals surface area contributed by atoms with Crippen molar-refractivity contribution in [1.82, 2.24) is 9.55 Å². The fourth-order valence-electron chi connectivity index (χ4n) is 3.42. The van der Waals surface area contributed by atoms with E-state index in [-0.39, 0.29) is 32.4 Å². The van der Waals surface area contributed by atoms with Crippen LogP contribution in [0.4, 0.5) is 5.82 Å². The SMILES string of the molecule is Cc1ccc(S(=O)(=O)c2c(C)c(C)n(C(C)C)c2NC(=O)c2ccc(Cl)nc2)cc1. The van der Waals surface area contributed by atoms with Gasteiger partial charge in [-0.2, -0.15) is 0 Å². The summed E-state index contributed by atoms with van der Waals surface area (Å²) in [5.74, 6) is -0.209. The third-order valence-electron chi connectivity index (χ3n) is 5.04. The van der Waals surface area contributed by atoms with Crippen LogP contribution in [0.5, 0.6) is 0 Å². The number of benzene rings is 1. The van der Waals surface area contributed by atoms with E-state index in [9.17, 15) is 13.2 Å². The third-order valence-corrected chi connectivity index (χ3v) is 7.19. The molecule has 0 spiro atoms. The maximum atomic E-state index is 13.5. The number of hydrogen-bond donors (Lipinski definition) is 1. The molecule has 0 atom stereocenters. The van der Waals surface area contributed by atoms with Crippen LogP contribution in [0.3, 0.4) is 0 Å². The second-order valence-corrected chi connectivity index (χ2v) is 9.77. The molecule has 3 aromatic rings. The molecule has 0 aliphatic heterocycles. The van der Waals surface area contributed by atoms with Crippen LogP contribution in [0.15, 0.2) is 52.4 Å². The zero-order valence-electron chi connectivity index (χ0n) is 17.5. The van der Waals surface area contributed by atoms with Gasteiger partial charge in [0.15, 0.2) is 0 Å². The number of anilines is 1. The smallest absolute Gasteiger partial charge is 0.258 e. The first-order valence-electron chi connectivity index (χ1n) is 9.50.